The summed E-state index contributed by atoms with van der Waals surface area (Å²) in [5.74, 6) is 2.55. The molecule has 0 aliphatic carbocycles. The monoisotopic (exact) mass is 458 g/mol. The van der Waals surface area contributed by atoms with Gasteiger partial charge in [0.05, 0.1) is 18.2 Å². The zero-order valence-corrected chi connectivity index (χ0v) is 21.3. The lowest BCUT2D eigenvalue weighted by atomic mass is 10.0. The second kappa shape index (κ2) is 16.0. The molecule has 0 heterocycles. The second-order valence-electron chi connectivity index (χ2n) is 9.00. The summed E-state index contributed by atoms with van der Waals surface area (Å²) in [5.41, 5.74) is 2.23. The SMILES string of the molecule is CCCCCCCCOc1ccc(-c2ccc(OCCCCC[C@@H](C)CC)cc2)cc1Cl. The van der Waals surface area contributed by atoms with Crippen molar-refractivity contribution in [1.82, 2.24) is 0 Å². The molecule has 2 nitrogen and oxygen atoms in total. The Hall–Kier alpha value is -1.67. The van der Waals surface area contributed by atoms with Crippen LogP contribution < -0.4 is 9.47 Å². The molecule has 178 valence electrons. The van der Waals surface area contributed by atoms with E-state index >= 15 is 0 Å². The fourth-order valence-corrected chi connectivity index (χ4v) is 4.01. The molecule has 0 amide bonds. The van der Waals surface area contributed by atoms with Crippen molar-refractivity contribution in [1.29, 1.82) is 0 Å². The Kier molecular flexibility index (Phi) is 13.3. The van der Waals surface area contributed by atoms with E-state index in [4.69, 9.17) is 21.1 Å². The van der Waals surface area contributed by atoms with E-state index < -0.39 is 0 Å². The molecule has 3 heteroatoms. The second-order valence-corrected chi connectivity index (χ2v) is 9.40. The maximum Gasteiger partial charge on any atom is 0.137 e. The fourth-order valence-electron chi connectivity index (χ4n) is 3.77. The Balaban J connectivity index is 1.72. The van der Waals surface area contributed by atoms with E-state index in [-0.39, 0.29) is 0 Å². The summed E-state index contributed by atoms with van der Waals surface area (Å²) < 4.78 is 11.8. The standard InChI is InChI=1S/C29H43ClO2/c1-4-6-7-8-9-12-22-32-29-20-17-26(23-28(29)30)25-15-18-27(19-16-25)31-21-13-10-11-14-24(3)5-2/h15-20,23-24H,4-14,21-22H2,1-3H3/t24-/m0/s1. The number of halogens is 1. The van der Waals surface area contributed by atoms with Crippen LogP contribution in [-0.2, 0) is 0 Å². The van der Waals surface area contributed by atoms with Gasteiger partial charge in [-0.15, -0.1) is 0 Å². The maximum atomic E-state index is 6.48. The van der Waals surface area contributed by atoms with E-state index in [0.29, 0.717) is 5.02 Å². The summed E-state index contributed by atoms with van der Waals surface area (Å²) in [6.45, 7) is 8.37. The minimum Gasteiger partial charge on any atom is -0.494 e. The predicted octanol–water partition coefficient (Wildman–Crippen LogP) is 9.73. The zero-order valence-electron chi connectivity index (χ0n) is 20.5. The summed E-state index contributed by atoms with van der Waals surface area (Å²) >= 11 is 6.48. The van der Waals surface area contributed by atoms with Crippen molar-refractivity contribution in [2.75, 3.05) is 13.2 Å². The maximum absolute atomic E-state index is 6.48. The van der Waals surface area contributed by atoms with Crippen LogP contribution >= 0.6 is 11.6 Å². The molecule has 2 aromatic carbocycles. The van der Waals surface area contributed by atoms with Crippen LogP contribution in [0.3, 0.4) is 0 Å². The molecular weight excluding hydrogens is 416 g/mol. The minimum atomic E-state index is 0.672. The molecule has 0 saturated heterocycles. The lowest BCUT2D eigenvalue weighted by Gasteiger charge is -2.11. The highest BCUT2D eigenvalue weighted by Gasteiger charge is 2.06. The minimum absolute atomic E-state index is 0.672. The number of hydrogen-bond acceptors (Lipinski definition) is 2. The summed E-state index contributed by atoms with van der Waals surface area (Å²) in [5, 5.41) is 0.672. The van der Waals surface area contributed by atoms with Gasteiger partial charge in [0.2, 0.25) is 0 Å². The molecule has 32 heavy (non-hydrogen) atoms. The lowest BCUT2D eigenvalue weighted by molar-refractivity contribution is 0.302. The van der Waals surface area contributed by atoms with Gasteiger partial charge in [0.25, 0.3) is 0 Å². The highest BCUT2D eigenvalue weighted by molar-refractivity contribution is 6.32. The van der Waals surface area contributed by atoms with Crippen LogP contribution in [0.25, 0.3) is 11.1 Å². The van der Waals surface area contributed by atoms with Gasteiger partial charge in [-0.2, -0.15) is 0 Å². The summed E-state index contributed by atoms with van der Waals surface area (Å²) in [6, 6.07) is 14.3. The Morgan fingerprint density at radius 3 is 2.03 bits per heavy atom. The molecule has 0 fully saturated rings. The van der Waals surface area contributed by atoms with E-state index in [1.165, 1.54) is 57.8 Å². The highest BCUT2D eigenvalue weighted by atomic mass is 35.5. The summed E-state index contributed by atoms with van der Waals surface area (Å²) in [4.78, 5) is 0. The van der Waals surface area contributed by atoms with Crippen LogP contribution in [0.5, 0.6) is 11.5 Å². The fraction of sp³-hybridized carbons (Fsp3) is 0.586. The summed E-state index contributed by atoms with van der Waals surface area (Å²) in [7, 11) is 0. The topological polar surface area (TPSA) is 18.5 Å². The van der Waals surface area contributed by atoms with Gasteiger partial charge < -0.3 is 9.47 Å². The highest BCUT2D eigenvalue weighted by Crippen LogP contribution is 2.31. The molecule has 0 bridgehead atoms. The van der Waals surface area contributed by atoms with Gasteiger partial charge in [-0.25, -0.2) is 0 Å². The van der Waals surface area contributed by atoms with Crippen LogP contribution in [0.2, 0.25) is 5.02 Å². The third-order valence-corrected chi connectivity index (χ3v) is 6.48. The van der Waals surface area contributed by atoms with Crippen molar-refractivity contribution >= 4 is 11.6 Å². The lowest BCUT2D eigenvalue weighted by Crippen LogP contribution is -1.98. The summed E-state index contributed by atoms with van der Waals surface area (Å²) in [6.07, 6.45) is 13.8. The largest absolute Gasteiger partial charge is 0.494 e. The van der Waals surface area contributed by atoms with Crippen LogP contribution in [0, 0.1) is 5.92 Å². The first kappa shape index (κ1) is 26.6. The van der Waals surface area contributed by atoms with Crippen LogP contribution in [0.4, 0.5) is 0 Å². The molecule has 0 aliphatic heterocycles. The zero-order chi connectivity index (χ0) is 23.0. The molecule has 0 N–H and O–H groups in total. The molecule has 2 aromatic rings. The van der Waals surface area contributed by atoms with Crippen LogP contribution in [-0.4, -0.2) is 13.2 Å². The molecule has 1 atom stereocenters. The first-order valence-electron chi connectivity index (χ1n) is 12.8. The van der Waals surface area contributed by atoms with Crippen molar-refractivity contribution in [2.45, 2.75) is 91.4 Å². The van der Waals surface area contributed by atoms with E-state index in [1.807, 2.05) is 24.3 Å². The Morgan fingerprint density at radius 1 is 0.719 bits per heavy atom. The Bertz CT molecular complexity index is 741. The average molecular weight is 459 g/mol. The first-order valence-corrected chi connectivity index (χ1v) is 13.2. The van der Waals surface area contributed by atoms with Gasteiger partial charge in [-0.1, -0.05) is 108 Å². The molecule has 0 saturated carbocycles. The number of rotatable bonds is 17. The van der Waals surface area contributed by atoms with E-state index in [2.05, 4.69) is 39.0 Å². The number of hydrogen-bond donors (Lipinski definition) is 0. The Labute approximate surface area is 201 Å². The normalized spacial score (nSPS) is 12.0. The van der Waals surface area contributed by atoms with Gasteiger partial charge in [-0.05, 0) is 54.2 Å². The molecule has 2 rings (SSSR count). The van der Waals surface area contributed by atoms with Gasteiger partial charge in [0.1, 0.15) is 11.5 Å². The molecular formula is C29H43ClO2. The smallest absolute Gasteiger partial charge is 0.137 e. The van der Waals surface area contributed by atoms with Crippen LogP contribution in [0.15, 0.2) is 42.5 Å². The van der Waals surface area contributed by atoms with Crippen molar-refractivity contribution in [3.8, 4) is 22.6 Å². The van der Waals surface area contributed by atoms with Gasteiger partial charge in [0, 0.05) is 0 Å². The molecule has 0 aliphatic rings. The predicted molar refractivity (Wildman–Crippen MR) is 139 cm³/mol. The van der Waals surface area contributed by atoms with Crippen molar-refractivity contribution < 1.29 is 9.47 Å². The van der Waals surface area contributed by atoms with Gasteiger partial charge in [0.15, 0.2) is 0 Å². The Morgan fingerprint density at radius 2 is 1.34 bits per heavy atom. The van der Waals surface area contributed by atoms with Gasteiger partial charge in [-0.3, -0.25) is 0 Å². The quantitative estimate of drug-likeness (QED) is 0.219. The first-order chi connectivity index (χ1) is 15.6. The average Bonchev–Trinajstić information content (AvgIpc) is 2.81. The van der Waals surface area contributed by atoms with E-state index in [1.54, 1.807) is 0 Å². The molecule has 0 spiro atoms. The third kappa shape index (κ3) is 10.3. The number of ether oxygens (including phenoxy) is 2. The van der Waals surface area contributed by atoms with Crippen molar-refractivity contribution in [2.24, 2.45) is 5.92 Å². The molecule has 0 aromatic heterocycles. The molecule has 0 radical (unpaired) electrons. The van der Waals surface area contributed by atoms with E-state index in [0.717, 1.165) is 54.6 Å². The number of unbranched alkanes of at least 4 members (excludes halogenated alkanes) is 7. The van der Waals surface area contributed by atoms with Crippen molar-refractivity contribution in [3.05, 3.63) is 47.5 Å². The molecule has 0 unspecified atom stereocenters. The van der Waals surface area contributed by atoms with Gasteiger partial charge >= 0.3 is 0 Å². The number of benzene rings is 2. The van der Waals surface area contributed by atoms with Crippen molar-refractivity contribution in [3.63, 3.8) is 0 Å². The van der Waals surface area contributed by atoms with E-state index in [9.17, 15) is 0 Å². The third-order valence-electron chi connectivity index (χ3n) is 6.18. The van der Waals surface area contributed by atoms with Crippen LogP contribution in [0.1, 0.15) is 91.4 Å².